The third-order valence-electron chi connectivity index (χ3n) is 4.29. The number of rotatable bonds is 3. The van der Waals surface area contributed by atoms with Crippen molar-refractivity contribution in [1.29, 1.82) is 0 Å². The van der Waals surface area contributed by atoms with Crippen molar-refractivity contribution >= 4 is 5.69 Å². The smallest absolute Gasteiger partial charge is 0.152 e. The molecule has 1 saturated carbocycles. The minimum absolute atomic E-state index is 0.0504. The number of benzene rings is 1. The van der Waals surface area contributed by atoms with Crippen LogP contribution >= 0.6 is 0 Å². The van der Waals surface area contributed by atoms with Gasteiger partial charge in [0.15, 0.2) is 5.82 Å². The molecular weight excluding hydrogens is 244 g/mol. The van der Waals surface area contributed by atoms with E-state index >= 15 is 0 Å². The van der Waals surface area contributed by atoms with E-state index in [-0.39, 0.29) is 11.7 Å². The first kappa shape index (κ1) is 14.3. The van der Waals surface area contributed by atoms with Gasteiger partial charge in [-0.05, 0) is 43.2 Å². The summed E-state index contributed by atoms with van der Waals surface area (Å²) < 4.78 is 27.7. The molecule has 0 spiro atoms. The van der Waals surface area contributed by atoms with E-state index in [9.17, 15) is 8.78 Å². The second-order valence-electron chi connectivity index (χ2n) is 6.07. The van der Waals surface area contributed by atoms with E-state index < -0.39 is 11.6 Å². The van der Waals surface area contributed by atoms with Crippen molar-refractivity contribution < 1.29 is 8.78 Å². The number of halogens is 2. The molecule has 0 saturated heterocycles. The molecule has 2 rings (SSSR count). The fourth-order valence-corrected chi connectivity index (χ4v) is 2.96. The fraction of sp³-hybridized carbons (Fsp3) is 0.625. The Morgan fingerprint density at radius 2 is 1.95 bits per heavy atom. The largest absolute Gasteiger partial charge is 0.378 e. The summed E-state index contributed by atoms with van der Waals surface area (Å²) in [6.45, 7) is 6.11. The zero-order valence-corrected chi connectivity index (χ0v) is 12.0. The molecule has 1 N–H and O–H groups in total. The maximum Gasteiger partial charge on any atom is 0.152 e. The minimum atomic E-state index is -0.491. The topological polar surface area (TPSA) is 12.0 Å². The lowest BCUT2D eigenvalue weighted by Crippen LogP contribution is -2.30. The molecule has 1 nitrogen and oxygen atoms in total. The van der Waals surface area contributed by atoms with Crippen LogP contribution in [0.2, 0.25) is 0 Å². The Labute approximate surface area is 114 Å². The van der Waals surface area contributed by atoms with Gasteiger partial charge < -0.3 is 5.32 Å². The van der Waals surface area contributed by atoms with Crippen LogP contribution < -0.4 is 5.32 Å². The molecule has 2 atom stereocenters. The standard InChI is InChI=1S/C16H23F2N/c1-10(2)12-5-4-6-13(9-12)19-16-14(17)8-7-11(3)15(16)18/h7-8,10,12-13,19H,4-6,9H2,1-3H3. The molecule has 1 aliphatic rings. The normalized spacial score (nSPS) is 23.7. The van der Waals surface area contributed by atoms with Crippen molar-refractivity contribution in [1.82, 2.24) is 0 Å². The average molecular weight is 267 g/mol. The highest BCUT2D eigenvalue weighted by atomic mass is 19.1. The van der Waals surface area contributed by atoms with E-state index in [1.54, 1.807) is 6.92 Å². The number of aryl methyl sites for hydroxylation is 1. The van der Waals surface area contributed by atoms with Gasteiger partial charge in [0.1, 0.15) is 11.5 Å². The molecule has 0 amide bonds. The van der Waals surface area contributed by atoms with Crippen molar-refractivity contribution in [3.63, 3.8) is 0 Å². The van der Waals surface area contributed by atoms with E-state index in [2.05, 4.69) is 19.2 Å². The molecule has 2 unspecified atom stereocenters. The van der Waals surface area contributed by atoms with E-state index in [0.29, 0.717) is 17.4 Å². The van der Waals surface area contributed by atoms with Crippen molar-refractivity contribution in [2.75, 3.05) is 5.32 Å². The van der Waals surface area contributed by atoms with E-state index in [4.69, 9.17) is 0 Å². The number of hydrogen-bond acceptors (Lipinski definition) is 1. The zero-order valence-electron chi connectivity index (χ0n) is 12.0. The average Bonchev–Trinajstić information content (AvgIpc) is 2.39. The second kappa shape index (κ2) is 5.89. The first-order valence-electron chi connectivity index (χ1n) is 7.20. The first-order chi connectivity index (χ1) is 8.99. The van der Waals surface area contributed by atoms with Crippen LogP contribution in [0.15, 0.2) is 12.1 Å². The summed E-state index contributed by atoms with van der Waals surface area (Å²) in [6.07, 6.45) is 4.37. The van der Waals surface area contributed by atoms with Crippen LogP contribution in [-0.4, -0.2) is 6.04 Å². The lowest BCUT2D eigenvalue weighted by molar-refractivity contribution is 0.263. The summed E-state index contributed by atoms with van der Waals surface area (Å²) in [6, 6.07) is 3.00. The predicted molar refractivity (Wildman–Crippen MR) is 75.3 cm³/mol. The highest BCUT2D eigenvalue weighted by Crippen LogP contribution is 2.33. The Morgan fingerprint density at radius 3 is 2.63 bits per heavy atom. The van der Waals surface area contributed by atoms with Crippen LogP contribution in [0.5, 0.6) is 0 Å². The molecule has 1 fully saturated rings. The highest BCUT2D eigenvalue weighted by molar-refractivity contribution is 5.49. The SMILES string of the molecule is Cc1ccc(F)c(NC2CCCC(C(C)C)C2)c1F. The number of nitrogens with one attached hydrogen (secondary N) is 1. The fourth-order valence-electron chi connectivity index (χ4n) is 2.96. The number of hydrogen-bond donors (Lipinski definition) is 1. The van der Waals surface area contributed by atoms with Crippen molar-refractivity contribution in [2.45, 2.75) is 52.5 Å². The summed E-state index contributed by atoms with van der Waals surface area (Å²) in [7, 11) is 0. The quantitative estimate of drug-likeness (QED) is 0.821. The summed E-state index contributed by atoms with van der Waals surface area (Å²) in [5, 5.41) is 3.09. The van der Waals surface area contributed by atoms with Crippen LogP contribution in [0.4, 0.5) is 14.5 Å². The molecular formula is C16H23F2N. The van der Waals surface area contributed by atoms with Gasteiger partial charge in [-0.2, -0.15) is 0 Å². The van der Waals surface area contributed by atoms with E-state index in [1.165, 1.54) is 18.6 Å². The van der Waals surface area contributed by atoms with E-state index in [1.807, 2.05) is 0 Å². The molecule has 19 heavy (non-hydrogen) atoms. The Kier molecular flexibility index (Phi) is 4.43. The van der Waals surface area contributed by atoms with Gasteiger partial charge in [-0.15, -0.1) is 0 Å². The maximum atomic E-state index is 14.0. The van der Waals surface area contributed by atoms with Crippen molar-refractivity contribution in [3.05, 3.63) is 29.3 Å². The molecule has 1 aromatic rings. The highest BCUT2D eigenvalue weighted by Gasteiger charge is 2.25. The Balaban J connectivity index is 2.11. The lowest BCUT2D eigenvalue weighted by Gasteiger charge is -2.32. The lowest BCUT2D eigenvalue weighted by atomic mass is 9.79. The van der Waals surface area contributed by atoms with Crippen molar-refractivity contribution in [3.8, 4) is 0 Å². The van der Waals surface area contributed by atoms with Gasteiger partial charge >= 0.3 is 0 Å². The number of anilines is 1. The third kappa shape index (κ3) is 3.26. The van der Waals surface area contributed by atoms with Gasteiger partial charge in [-0.1, -0.05) is 32.8 Å². The predicted octanol–water partition coefficient (Wildman–Crippen LogP) is 4.90. The molecule has 3 heteroatoms. The Morgan fingerprint density at radius 1 is 1.21 bits per heavy atom. The molecule has 0 heterocycles. The van der Waals surface area contributed by atoms with Gasteiger partial charge in [-0.3, -0.25) is 0 Å². The van der Waals surface area contributed by atoms with Crippen LogP contribution in [-0.2, 0) is 0 Å². The zero-order chi connectivity index (χ0) is 14.0. The van der Waals surface area contributed by atoms with Crippen LogP contribution in [0.25, 0.3) is 0 Å². The van der Waals surface area contributed by atoms with Crippen LogP contribution in [0.3, 0.4) is 0 Å². The Hall–Kier alpha value is -1.12. The van der Waals surface area contributed by atoms with Crippen LogP contribution in [0, 0.1) is 30.4 Å². The van der Waals surface area contributed by atoms with Gasteiger partial charge in [0.05, 0.1) is 0 Å². The molecule has 1 aliphatic carbocycles. The molecule has 1 aromatic carbocycles. The Bertz CT molecular complexity index is 443. The summed E-state index contributed by atoms with van der Waals surface area (Å²) in [5.74, 6) is 0.348. The summed E-state index contributed by atoms with van der Waals surface area (Å²) in [4.78, 5) is 0. The van der Waals surface area contributed by atoms with Gasteiger partial charge in [-0.25, -0.2) is 8.78 Å². The maximum absolute atomic E-state index is 14.0. The molecule has 0 aliphatic heterocycles. The first-order valence-corrected chi connectivity index (χ1v) is 7.20. The summed E-state index contributed by atoms with van der Waals surface area (Å²) in [5.41, 5.74) is 0.537. The third-order valence-corrected chi connectivity index (χ3v) is 4.29. The monoisotopic (exact) mass is 267 g/mol. The van der Waals surface area contributed by atoms with E-state index in [0.717, 1.165) is 19.3 Å². The van der Waals surface area contributed by atoms with Crippen LogP contribution in [0.1, 0.15) is 45.1 Å². The molecule has 106 valence electrons. The molecule has 0 radical (unpaired) electrons. The van der Waals surface area contributed by atoms with Gasteiger partial charge in [0, 0.05) is 6.04 Å². The minimum Gasteiger partial charge on any atom is -0.378 e. The summed E-state index contributed by atoms with van der Waals surface area (Å²) >= 11 is 0. The van der Waals surface area contributed by atoms with Gasteiger partial charge in [0.2, 0.25) is 0 Å². The molecule has 0 aromatic heterocycles. The van der Waals surface area contributed by atoms with Gasteiger partial charge in [0.25, 0.3) is 0 Å². The molecule has 0 bridgehead atoms. The second-order valence-corrected chi connectivity index (χ2v) is 6.07. The van der Waals surface area contributed by atoms with Crippen molar-refractivity contribution in [2.24, 2.45) is 11.8 Å².